The number of esters is 1. The van der Waals surface area contributed by atoms with Crippen LogP contribution in [0.2, 0.25) is 0 Å². The molecule has 0 aliphatic carbocycles. The maximum Gasteiger partial charge on any atom is 0.310 e. The van der Waals surface area contributed by atoms with Gasteiger partial charge in [0.05, 0.1) is 19.1 Å². The Morgan fingerprint density at radius 3 is 2.92 bits per heavy atom. The summed E-state index contributed by atoms with van der Waals surface area (Å²) in [7, 11) is 0. The maximum atomic E-state index is 13.3. The third-order valence-corrected chi connectivity index (χ3v) is 3.98. The van der Waals surface area contributed by atoms with E-state index in [1.165, 1.54) is 12.1 Å². The summed E-state index contributed by atoms with van der Waals surface area (Å²) in [6.07, 6.45) is 1.77. The molecule has 7 heteroatoms. The van der Waals surface area contributed by atoms with Crippen LogP contribution in [0.15, 0.2) is 29.3 Å². The molecule has 1 atom stereocenters. The fourth-order valence-corrected chi connectivity index (χ4v) is 2.85. The van der Waals surface area contributed by atoms with E-state index < -0.39 is 0 Å². The van der Waals surface area contributed by atoms with Crippen molar-refractivity contribution in [2.45, 2.75) is 33.2 Å². The fraction of sp³-hybridized carbons (Fsp3) is 0.556. The standard InChI is InChI=1S/C18H26FN3O2.HI/c1-3-20-18(21-12-14-7-5-9-16(19)11-14)22-10-6-8-15(13-22)17(23)24-4-2;/h5,7,9,11,15H,3-4,6,8,10,12-13H2,1-2H3,(H,20,21);1H. The molecule has 0 saturated carbocycles. The summed E-state index contributed by atoms with van der Waals surface area (Å²) in [6, 6.07) is 6.45. The molecule has 2 rings (SSSR count). The summed E-state index contributed by atoms with van der Waals surface area (Å²) >= 11 is 0. The fourth-order valence-electron chi connectivity index (χ4n) is 2.85. The predicted molar refractivity (Wildman–Crippen MR) is 108 cm³/mol. The summed E-state index contributed by atoms with van der Waals surface area (Å²) in [5, 5.41) is 3.26. The Morgan fingerprint density at radius 1 is 1.44 bits per heavy atom. The maximum absolute atomic E-state index is 13.3. The largest absolute Gasteiger partial charge is 0.466 e. The van der Waals surface area contributed by atoms with Gasteiger partial charge in [-0.2, -0.15) is 0 Å². The normalized spacial score (nSPS) is 17.6. The SMILES string of the molecule is CCNC(=NCc1cccc(F)c1)N1CCCC(C(=O)OCC)C1.I. The van der Waals surface area contributed by atoms with Crippen LogP contribution in [0.4, 0.5) is 4.39 Å². The number of carbonyl (C=O) groups is 1. The zero-order valence-electron chi connectivity index (χ0n) is 14.8. The molecule has 140 valence electrons. The van der Waals surface area contributed by atoms with Crippen LogP contribution >= 0.6 is 24.0 Å². The van der Waals surface area contributed by atoms with Gasteiger partial charge in [0.25, 0.3) is 0 Å². The number of hydrogen-bond acceptors (Lipinski definition) is 3. The quantitative estimate of drug-likeness (QED) is 0.316. The highest BCUT2D eigenvalue weighted by molar-refractivity contribution is 14.0. The molecule has 1 aromatic carbocycles. The molecule has 1 saturated heterocycles. The van der Waals surface area contributed by atoms with E-state index >= 15 is 0 Å². The molecule has 0 radical (unpaired) electrons. The highest BCUT2D eigenvalue weighted by Gasteiger charge is 2.28. The Hall–Kier alpha value is -1.38. The second-order valence-electron chi connectivity index (χ2n) is 5.84. The van der Waals surface area contributed by atoms with Gasteiger partial charge in [-0.25, -0.2) is 9.38 Å². The molecule has 0 bridgehead atoms. The lowest BCUT2D eigenvalue weighted by Crippen LogP contribution is -2.48. The molecule has 1 aromatic rings. The van der Waals surface area contributed by atoms with Crippen molar-refractivity contribution >= 4 is 35.9 Å². The smallest absolute Gasteiger partial charge is 0.310 e. The number of carbonyl (C=O) groups excluding carboxylic acids is 1. The molecule has 1 fully saturated rings. The Balaban J connectivity index is 0.00000312. The minimum absolute atomic E-state index is 0. The van der Waals surface area contributed by atoms with Crippen LogP contribution in [0.3, 0.4) is 0 Å². The minimum atomic E-state index is -0.256. The number of rotatable bonds is 5. The number of aliphatic imine (C=N–C) groups is 1. The van der Waals surface area contributed by atoms with Gasteiger partial charge < -0.3 is 15.0 Å². The Kier molecular flexibility index (Phi) is 9.77. The van der Waals surface area contributed by atoms with Gasteiger partial charge in [0.2, 0.25) is 0 Å². The van der Waals surface area contributed by atoms with Crippen LogP contribution < -0.4 is 5.32 Å². The van der Waals surface area contributed by atoms with Crippen molar-refractivity contribution < 1.29 is 13.9 Å². The van der Waals surface area contributed by atoms with Gasteiger partial charge in [-0.3, -0.25) is 4.79 Å². The number of piperidine rings is 1. The van der Waals surface area contributed by atoms with Crippen molar-refractivity contribution in [2.24, 2.45) is 10.9 Å². The van der Waals surface area contributed by atoms with Gasteiger partial charge >= 0.3 is 5.97 Å². The molecule has 1 N–H and O–H groups in total. The summed E-state index contributed by atoms with van der Waals surface area (Å²) in [4.78, 5) is 18.7. The molecule has 1 aliphatic rings. The Bertz CT molecular complexity index is 583. The van der Waals surface area contributed by atoms with E-state index in [0.717, 1.165) is 37.5 Å². The van der Waals surface area contributed by atoms with Crippen LogP contribution in [-0.2, 0) is 16.1 Å². The zero-order valence-corrected chi connectivity index (χ0v) is 17.2. The lowest BCUT2D eigenvalue weighted by atomic mass is 9.98. The van der Waals surface area contributed by atoms with Crippen molar-refractivity contribution in [3.63, 3.8) is 0 Å². The summed E-state index contributed by atoms with van der Waals surface area (Å²) < 4.78 is 18.4. The van der Waals surface area contributed by atoms with E-state index in [2.05, 4.69) is 15.2 Å². The predicted octanol–water partition coefficient (Wildman–Crippen LogP) is 3.18. The third kappa shape index (κ3) is 6.80. The lowest BCUT2D eigenvalue weighted by Gasteiger charge is -2.34. The molecule has 0 spiro atoms. The first-order chi connectivity index (χ1) is 11.6. The number of nitrogens with one attached hydrogen (secondary N) is 1. The second kappa shape index (κ2) is 11.3. The average Bonchev–Trinajstić information content (AvgIpc) is 2.59. The molecule has 1 heterocycles. The first-order valence-electron chi connectivity index (χ1n) is 8.58. The number of nitrogens with zero attached hydrogens (tertiary/aromatic N) is 2. The van der Waals surface area contributed by atoms with Gasteiger partial charge in [0.1, 0.15) is 5.82 Å². The number of ether oxygens (including phenoxy) is 1. The second-order valence-corrected chi connectivity index (χ2v) is 5.84. The van der Waals surface area contributed by atoms with Crippen molar-refractivity contribution in [1.82, 2.24) is 10.2 Å². The molecular weight excluding hydrogens is 436 g/mol. The van der Waals surface area contributed by atoms with E-state index in [-0.39, 0.29) is 41.7 Å². The summed E-state index contributed by atoms with van der Waals surface area (Å²) in [5.41, 5.74) is 0.823. The molecule has 1 aliphatic heterocycles. The minimum Gasteiger partial charge on any atom is -0.466 e. The van der Waals surface area contributed by atoms with Crippen LogP contribution in [0, 0.1) is 11.7 Å². The third-order valence-electron chi connectivity index (χ3n) is 3.98. The number of halogens is 2. The topological polar surface area (TPSA) is 53.9 Å². The zero-order chi connectivity index (χ0) is 17.4. The van der Waals surface area contributed by atoms with E-state index in [1.807, 2.05) is 19.9 Å². The van der Waals surface area contributed by atoms with Crippen LogP contribution in [0.25, 0.3) is 0 Å². The highest BCUT2D eigenvalue weighted by Crippen LogP contribution is 2.18. The number of benzene rings is 1. The molecule has 1 unspecified atom stereocenters. The van der Waals surface area contributed by atoms with Gasteiger partial charge in [-0.15, -0.1) is 24.0 Å². The van der Waals surface area contributed by atoms with Gasteiger partial charge in [0.15, 0.2) is 5.96 Å². The number of hydrogen-bond donors (Lipinski definition) is 1. The average molecular weight is 463 g/mol. The van der Waals surface area contributed by atoms with E-state index in [4.69, 9.17) is 4.74 Å². The van der Waals surface area contributed by atoms with E-state index in [9.17, 15) is 9.18 Å². The Labute approximate surface area is 166 Å². The molecule has 0 aromatic heterocycles. The van der Waals surface area contributed by atoms with Crippen molar-refractivity contribution in [1.29, 1.82) is 0 Å². The van der Waals surface area contributed by atoms with E-state index in [1.54, 1.807) is 6.07 Å². The van der Waals surface area contributed by atoms with Gasteiger partial charge in [-0.05, 0) is 44.4 Å². The highest BCUT2D eigenvalue weighted by atomic mass is 127. The van der Waals surface area contributed by atoms with Crippen LogP contribution in [-0.4, -0.2) is 43.1 Å². The lowest BCUT2D eigenvalue weighted by molar-refractivity contribution is -0.149. The first kappa shape index (κ1) is 21.7. The summed E-state index contributed by atoms with van der Waals surface area (Å²) in [5.74, 6) is 0.253. The van der Waals surface area contributed by atoms with Gasteiger partial charge in [-0.1, -0.05) is 12.1 Å². The first-order valence-corrected chi connectivity index (χ1v) is 8.58. The van der Waals surface area contributed by atoms with Crippen molar-refractivity contribution in [3.8, 4) is 0 Å². The number of guanidine groups is 1. The van der Waals surface area contributed by atoms with Crippen LogP contribution in [0.5, 0.6) is 0 Å². The molecular formula is C18H27FIN3O2. The van der Waals surface area contributed by atoms with Crippen molar-refractivity contribution in [2.75, 3.05) is 26.2 Å². The van der Waals surface area contributed by atoms with Gasteiger partial charge in [0, 0.05) is 19.6 Å². The van der Waals surface area contributed by atoms with Crippen molar-refractivity contribution in [3.05, 3.63) is 35.6 Å². The molecule has 0 amide bonds. The number of likely N-dealkylation sites (tertiary alicyclic amines) is 1. The molecule has 25 heavy (non-hydrogen) atoms. The van der Waals surface area contributed by atoms with E-state index in [0.29, 0.717) is 19.7 Å². The molecule has 5 nitrogen and oxygen atoms in total. The monoisotopic (exact) mass is 463 g/mol. The van der Waals surface area contributed by atoms with Crippen LogP contribution in [0.1, 0.15) is 32.3 Å². The summed E-state index contributed by atoms with van der Waals surface area (Å²) in [6.45, 7) is 6.83. The Morgan fingerprint density at radius 2 is 2.24 bits per heavy atom.